The van der Waals surface area contributed by atoms with E-state index in [9.17, 15) is 4.79 Å². The maximum absolute atomic E-state index is 9.60. The Hall–Kier alpha value is -0.313. The van der Waals surface area contributed by atoms with E-state index in [-0.39, 0.29) is 0 Å². The highest BCUT2D eigenvalue weighted by atomic mass is 28.1. The van der Waals surface area contributed by atoms with Gasteiger partial charge in [0, 0.05) is 16.7 Å². The Labute approximate surface area is 59.7 Å². The fourth-order valence-corrected chi connectivity index (χ4v) is 0.214. The van der Waals surface area contributed by atoms with Crippen LogP contribution in [0.3, 0.4) is 0 Å². The highest BCUT2D eigenvalue weighted by molar-refractivity contribution is 6.08. The summed E-state index contributed by atoms with van der Waals surface area (Å²) in [5, 5.41) is 7.91. The number of carbonyl (C=O) groups is 1. The number of rotatable bonds is 2. The Morgan fingerprint density at radius 1 is 1.56 bits per heavy atom. The Balaban J connectivity index is 0. The molecule has 0 aliphatic rings. The predicted molar refractivity (Wildman–Crippen MR) is 43.0 cm³/mol. The maximum Gasteiger partial charge on any atom is 0.303 e. The van der Waals surface area contributed by atoms with Gasteiger partial charge in [-0.05, 0) is 6.42 Å². The van der Waals surface area contributed by atoms with Crippen molar-refractivity contribution < 1.29 is 9.90 Å². The van der Waals surface area contributed by atoms with Crippen molar-refractivity contribution in [2.45, 2.75) is 32.7 Å². The van der Waals surface area contributed by atoms with Gasteiger partial charge in [0.05, 0.1) is 0 Å². The van der Waals surface area contributed by atoms with Crippen LogP contribution in [-0.4, -0.2) is 21.3 Å². The minimum atomic E-state index is -0.711. The number of hydrogen-bond acceptors (Lipinski definition) is 1. The van der Waals surface area contributed by atoms with Gasteiger partial charge in [0.25, 0.3) is 0 Å². The minimum absolute atomic E-state index is 0.292. The first kappa shape index (κ1) is 11.5. The molecule has 0 amide bonds. The van der Waals surface area contributed by atoms with Crippen molar-refractivity contribution in [1.82, 2.24) is 0 Å². The van der Waals surface area contributed by atoms with Gasteiger partial charge in [0.15, 0.2) is 0 Å². The van der Waals surface area contributed by atoms with E-state index in [4.69, 9.17) is 5.11 Å². The summed E-state index contributed by atoms with van der Waals surface area (Å²) in [4.78, 5) is 9.60. The van der Waals surface area contributed by atoms with Gasteiger partial charge in [-0.1, -0.05) is 19.9 Å². The second-order valence-corrected chi connectivity index (χ2v) is 3.27. The third-order valence-electron chi connectivity index (χ3n) is 0.464. The van der Waals surface area contributed by atoms with Crippen LogP contribution in [0.4, 0.5) is 0 Å². The zero-order valence-electron chi connectivity index (χ0n) is 6.48. The van der Waals surface area contributed by atoms with Crippen LogP contribution in [0.25, 0.3) is 0 Å². The first-order chi connectivity index (χ1) is 4.18. The van der Waals surface area contributed by atoms with Crippen molar-refractivity contribution in [2.75, 3.05) is 0 Å². The molecule has 0 radical (unpaired) electrons. The summed E-state index contributed by atoms with van der Waals surface area (Å²) in [5.74, 6) is -0.711. The first-order valence-corrected chi connectivity index (χ1v) is 4.82. The van der Waals surface area contributed by atoms with Gasteiger partial charge in [-0.25, -0.2) is 0 Å². The molecule has 0 saturated heterocycles. The standard InChI is InChI=1S/C4H8O2.C2H8Si/c1-2-3-4(5)6;1-2-3/h2-3H2,1H3,(H,5,6);2H2,1,3H3. The van der Waals surface area contributed by atoms with E-state index in [1.54, 1.807) is 0 Å². The number of hydrogen-bond donors (Lipinski definition) is 1. The zero-order valence-corrected chi connectivity index (χ0v) is 8.48. The van der Waals surface area contributed by atoms with Crippen LogP contribution in [0.15, 0.2) is 0 Å². The van der Waals surface area contributed by atoms with Crippen LogP contribution in [0.1, 0.15) is 26.7 Å². The quantitative estimate of drug-likeness (QED) is 0.584. The monoisotopic (exact) mass is 148 g/mol. The third-order valence-corrected chi connectivity index (χ3v) is 0.464. The smallest absolute Gasteiger partial charge is 0.303 e. The molecule has 56 valence electrons. The summed E-state index contributed by atoms with van der Waals surface area (Å²) in [7, 11) is 1.37. The molecule has 0 atom stereocenters. The van der Waals surface area contributed by atoms with Crippen LogP contribution in [0, 0.1) is 0 Å². The van der Waals surface area contributed by atoms with Crippen LogP contribution in [0.2, 0.25) is 6.04 Å². The molecule has 0 spiro atoms. The summed E-state index contributed by atoms with van der Waals surface area (Å²) in [5.41, 5.74) is 0. The number of carboxylic acid groups (broad SMARTS) is 1. The molecule has 0 unspecified atom stereocenters. The number of aliphatic carboxylic acids is 1. The van der Waals surface area contributed by atoms with E-state index in [2.05, 4.69) is 6.92 Å². The average molecular weight is 148 g/mol. The molecule has 3 heteroatoms. The van der Waals surface area contributed by atoms with Gasteiger partial charge < -0.3 is 5.11 Å². The second kappa shape index (κ2) is 10.6. The molecule has 0 aromatic heterocycles. The van der Waals surface area contributed by atoms with Gasteiger partial charge in [-0.15, -0.1) is 0 Å². The normalized spacial score (nSPS) is 7.78. The van der Waals surface area contributed by atoms with E-state index in [1.807, 2.05) is 6.92 Å². The summed E-state index contributed by atoms with van der Waals surface area (Å²) >= 11 is 0. The molecule has 2 nitrogen and oxygen atoms in total. The lowest BCUT2D eigenvalue weighted by atomic mass is 10.4. The lowest BCUT2D eigenvalue weighted by molar-refractivity contribution is -0.137. The molecule has 0 saturated carbocycles. The maximum atomic E-state index is 9.60. The van der Waals surface area contributed by atoms with Crippen molar-refractivity contribution in [2.24, 2.45) is 0 Å². The molecule has 0 fully saturated rings. The van der Waals surface area contributed by atoms with Gasteiger partial charge in [0.1, 0.15) is 0 Å². The largest absolute Gasteiger partial charge is 0.481 e. The first-order valence-electron chi connectivity index (χ1n) is 3.40. The van der Waals surface area contributed by atoms with E-state index in [0.29, 0.717) is 6.42 Å². The van der Waals surface area contributed by atoms with Crippen molar-refractivity contribution in [3.8, 4) is 0 Å². The van der Waals surface area contributed by atoms with E-state index in [0.717, 1.165) is 6.42 Å². The van der Waals surface area contributed by atoms with Crippen LogP contribution in [0.5, 0.6) is 0 Å². The Morgan fingerprint density at radius 3 is 1.89 bits per heavy atom. The molecule has 9 heavy (non-hydrogen) atoms. The lowest BCUT2D eigenvalue weighted by Gasteiger charge is -1.79. The molecule has 0 aliphatic carbocycles. The van der Waals surface area contributed by atoms with E-state index >= 15 is 0 Å². The lowest BCUT2D eigenvalue weighted by Crippen LogP contribution is -1.90. The zero-order chi connectivity index (χ0) is 7.70. The summed E-state index contributed by atoms with van der Waals surface area (Å²) < 4.78 is 0. The molecular formula is C6H16O2Si. The fraction of sp³-hybridized carbons (Fsp3) is 0.833. The molecule has 0 aromatic rings. The highest BCUT2D eigenvalue weighted by Crippen LogP contribution is 1.82. The van der Waals surface area contributed by atoms with Gasteiger partial charge in [0.2, 0.25) is 0 Å². The average Bonchev–Trinajstić information content (AvgIpc) is 1.67. The van der Waals surface area contributed by atoms with Gasteiger partial charge in [-0.3, -0.25) is 4.79 Å². The Bertz CT molecular complexity index is 64.1. The van der Waals surface area contributed by atoms with E-state index in [1.165, 1.54) is 16.3 Å². The molecule has 0 heterocycles. The molecule has 0 bridgehead atoms. The summed E-state index contributed by atoms with van der Waals surface area (Å²) in [6.45, 7) is 4.03. The third kappa shape index (κ3) is 34.4. The molecule has 0 aromatic carbocycles. The highest BCUT2D eigenvalue weighted by Gasteiger charge is 1.87. The van der Waals surface area contributed by atoms with Crippen LogP contribution < -0.4 is 0 Å². The van der Waals surface area contributed by atoms with Crippen molar-refractivity contribution in [3.63, 3.8) is 0 Å². The predicted octanol–water partition coefficient (Wildman–Crippen LogP) is 0.661. The van der Waals surface area contributed by atoms with Gasteiger partial charge in [-0.2, -0.15) is 0 Å². The van der Waals surface area contributed by atoms with Crippen LogP contribution in [-0.2, 0) is 4.79 Å². The minimum Gasteiger partial charge on any atom is -0.481 e. The summed E-state index contributed by atoms with van der Waals surface area (Å²) in [6.07, 6.45) is 1.02. The van der Waals surface area contributed by atoms with Crippen molar-refractivity contribution >= 4 is 16.2 Å². The van der Waals surface area contributed by atoms with Crippen LogP contribution >= 0.6 is 0 Å². The molecule has 1 N–H and O–H groups in total. The molecule has 0 rings (SSSR count). The van der Waals surface area contributed by atoms with Crippen molar-refractivity contribution in [1.29, 1.82) is 0 Å². The van der Waals surface area contributed by atoms with E-state index < -0.39 is 5.97 Å². The molecular weight excluding hydrogens is 132 g/mol. The second-order valence-electron chi connectivity index (χ2n) is 1.85. The number of carboxylic acids is 1. The van der Waals surface area contributed by atoms with Crippen molar-refractivity contribution in [3.05, 3.63) is 0 Å². The Morgan fingerprint density at radius 2 is 1.89 bits per heavy atom. The Kier molecular flexibility index (Phi) is 13.6. The topological polar surface area (TPSA) is 37.3 Å². The molecule has 0 aliphatic heterocycles. The van der Waals surface area contributed by atoms with Gasteiger partial charge >= 0.3 is 5.97 Å². The SMILES string of the molecule is CCCC(=O)O.CC[SiH3]. The fourth-order valence-electron chi connectivity index (χ4n) is 0.214. The summed E-state index contributed by atoms with van der Waals surface area (Å²) in [6, 6.07) is 1.39.